The molecule has 16 nitrogen and oxygen atoms in total. The summed E-state index contributed by atoms with van der Waals surface area (Å²) in [6, 6.07) is -2.02. The molecule has 0 saturated heterocycles. The van der Waals surface area contributed by atoms with Gasteiger partial charge in [-0.15, -0.1) is 10.2 Å². The van der Waals surface area contributed by atoms with E-state index in [1.807, 2.05) is 12.4 Å². The number of rotatable bonds is 17. The molecular formula is C28H52N10O6. The molecule has 0 aliphatic heterocycles. The number of hydrogen-bond donors (Lipinski definition) is 8. The number of aromatic nitrogens is 6. The second kappa shape index (κ2) is 17.0. The fraction of sp³-hybridized carbons (Fsp3) is 0.857. The molecule has 16 heteroatoms. The fourth-order valence-corrected chi connectivity index (χ4v) is 6.02. The van der Waals surface area contributed by atoms with E-state index in [4.69, 9.17) is 32.4 Å². The highest BCUT2D eigenvalue weighted by atomic mass is 16.5. The van der Waals surface area contributed by atoms with Crippen molar-refractivity contribution in [3.63, 3.8) is 0 Å². The predicted molar refractivity (Wildman–Crippen MR) is 159 cm³/mol. The van der Waals surface area contributed by atoms with Crippen molar-refractivity contribution in [3.8, 4) is 0 Å². The van der Waals surface area contributed by atoms with Crippen LogP contribution >= 0.6 is 0 Å². The van der Waals surface area contributed by atoms with Crippen molar-refractivity contribution < 1.29 is 29.9 Å². The lowest BCUT2D eigenvalue weighted by atomic mass is 9.85. The van der Waals surface area contributed by atoms with E-state index >= 15 is 0 Å². The van der Waals surface area contributed by atoms with Gasteiger partial charge in [-0.1, -0.05) is 49.0 Å². The molecule has 10 atom stereocenters. The van der Waals surface area contributed by atoms with E-state index in [2.05, 4.69) is 20.6 Å². The lowest BCUT2D eigenvalue weighted by Crippen LogP contribution is -2.61. The topological polar surface area (TPSA) is 265 Å². The molecule has 0 radical (unpaired) electrons. The van der Waals surface area contributed by atoms with Crippen LogP contribution in [0.25, 0.3) is 0 Å². The summed E-state index contributed by atoms with van der Waals surface area (Å²) in [5.74, 6) is 0. The molecule has 0 spiro atoms. The van der Waals surface area contributed by atoms with Gasteiger partial charge in [0.05, 0.1) is 37.8 Å². The molecule has 0 amide bonds. The largest absolute Gasteiger partial charge is 0.389 e. The lowest BCUT2D eigenvalue weighted by Gasteiger charge is -2.39. The maximum Gasteiger partial charge on any atom is 0.109 e. The Bertz CT molecular complexity index is 1020. The maximum absolute atomic E-state index is 10.2. The van der Waals surface area contributed by atoms with Crippen molar-refractivity contribution in [1.29, 1.82) is 0 Å². The van der Waals surface area contributed by atoms with Crippen LogP contribution in [0.15, 0.2) is 12.4 Å². The highest BCUT2D eigenvalue weighted by Gasteiger charge is 2.42. The zero-order valence-electron chi connectivity index (χ0n) is 25.4. The Morgan fingerprint density at radius 3 is 1.32 bits per heavy atom. The number of aliphatic hydroxyl groups excluding tert-OH is 4. The lowest BCUT2D eigenvalue weighted by molar-refractivity contribution is -0.132. The third-order valence-corrected chi connectivity index (χ3v) is 8.73. The average Bonchev–Trinajstić information content (AvgIpc) is 3.65. The third kappa shape index (κ3) is 9.69. The molecule has 2 saturated carbocycles. The van der Waals surface area contributed by atoms with Crippen LogP contribution in [0.5, 0.6) is 0 Å². The van der Waals surface area contributed by atoms with E-state index in [0.29, 0.717) is 24.2 Å². The minimum atomic E-state index is -1.13. The molecule has 2 aliphatic carbocycles. The van der Waals surface area contributed by atoms with Crippen molar-refractivity contribution in [2.45, 2.75) is 151 Å². The molecule has 0 unspecified atom stereocenters. The molecule has 12 N–H and O–H groups in total. The van der Waals surface area contributed by atoms with Gasteiger partial charge in [0.25, 0.3) is 0 Å². The van der Waals surface area contributed by atoms with Crippen LogP contribution in [0.3, 0.4) is 0 Å². The molecule has 2 aromatic rings. The van der Waals surface area contributed by atoms with Crippen molar-refractivity contribution in [1.82, 2.24) is 30.0 Å². The molecule has 2 fully saturated rings. The Morgan fingerprint density at radius 2 is 0.932 bits per heavy atom. The summed E-state index contributed by atoms with van der Waals surface area (Å²) in [5.41, 5.74) is 25.0. The standard InChI is InChI=1S/C28H52N10O6/c29-19-11-21(31)27(25(41)23(19)39)43-15-17-13-37(35-33-17)9-7-5-3-1-2-4-6-8-10-38-14-18(34-36-38)16-44-28-22(32)12-20(30)24(40)26(28)42/h13-14,19-28,39-42H,1-12,15-16,29-32H2/t19-,20-,21+,22+,23+,24+,25-,26-,27-,28-/m1/s1. The van der Waals surface area contributed by atoms with Gasteiger partial charge in [0.1, 0.15) is 35.8 Å². The zero-order chi connectivity index (χ0) is 31.6. The summed E-state index contributed by atoms with van der Waals surface area (Å²) >= 11 is 0. The highest BCUT2D eigenvalue weighted by molar-refractivity contribution is 5.00. The molecule has 4 rings (SSSR count). The second-order valence-electron chi connectivity index (χ2n) is 12.4. The molecule has 250 valence electrons. The number of aryl methyl sites for hydroxylation is 2. The van der Waals surface area contributed by atoms with Gasteiger partial charge < -0.3 is 52.8 Å². The summed E-state index contributed by atoms with van der Waals surface area (Å²) in [6.07, 6.45) is 7.65. The van der Waals surface area contributed by atoms with Gasteiger partial charge in [-0.2, -0.15) is 0 Å². The molecule has 2 aliphatic rings. The number of hydrogen-bond acceptors (Lipinski definition) is 14. The Balaban J connectivity index is 0.995. The summed E-state index contributed by atoms with van der Waals surface area (Å²) in [5, 5.41) is 57.0. The van der Waals surface area contributed by atoms with E-state index in [1.54, 1.807) is 9.36 Å². The first kappa shape index (κ1) is 34.7. The number of aliphatic hydroxyl groups is 4. The zero-order valence-corrected chi connectivity index (χ0v) is 25.4. The average molecular weight is 625 g/mol. The van der Waals surface area contributed by atoms with Crippen molar-refractivity contribution >= 4 is 0 Å². The van der Waals surface area contributed by atoms with Gasteiger partial charge in [-0.05, 0) is 25.7 Å². The normalized spacial score (nSPS) is 32.7. The van der Waals surface area contributed by atoms with Gasteiger partial charge >= 0.3 is 0 Å². The number of unbranched alkanes of at least 4 members (excludes halogenated alkanes) is 7. The first-order valence-corrected chi connectivity index (χ1v) is 15.9. The molecule has 0 aromatic carbocycles. The summed E-state index contributed by atoms with van der Waals surface area (Å²) < 4.78 is 15.1. The Morgan fingerprint density at radius 1 is 0.568 bits per heavy atom. The number of ether oxygens (including phenoxy) is 2. The van der Waals surface area contributed by atoms with Crippen LogP contribution in [0.1, 0.15) is 75.6 Å². The molecule has 0 bridgehead atoms. The summed E-state index contributed by atoms with van der Waals surface area (Å²) in [4.78, 5) is 0. The second-order valence-corrected chi connectivity index (χ2v) is 12.4. The summed E-state index contributed by atoms with van der Waals surface area (Å²) in [7, 11) is 0. The maximum atomic E-state index is 10.2. The molecule has 2 heterocycles. The molecule has 2 aromatic heterocycles. The quantitative estimate of drug-likeness (QED) is 0.0887. The van der Waals surface area contributed by atoms with E-state index in [9.17, 15) is 20.4 Å². The van der Waals surface area contributed by atoms with Crippen molar-refractivity contribution in [2.24, 2.45) is 22.9 Å². The fourth-order valence-electron chi connectivity index (χ4n) is 6.02. The summed E-state index contributed by atoms with van der Waals surface area (Å²) in [6.45, 7) is 1.88. The van der Waals surface area contributed by atoms with Gasteiger partial charge in [-0.3, -0.25) is 9.36 Å². The smallest absolute Gasteiger partial charge is 0.109 e. The van der Waals surface area contributed by atoms with Crippen LogP contribution in [-0.2, 0) is 35.8 Å². The number of nitrogens with zero attached hydrogens (tertiary/aromatic N) is 6. The Hall–Kier alpha value is -2.12. The van der Waals surface area contributed by atoms with E-state index in [0.717, 1.165) is 38.8 Å². The van der Waals surface area contributed by atoms with Gasteiger partial charge in [0.2, 0.25) is 0 Å². The van der Waals surface area contributed by atoms with E-state index < -0.39 is 60.8 Å². The van der Waals surface area contributed by atoms with Crippen molar-refractivity contribution in [3.05, 3.63) is 23.8 Å². The third-order valence-electron chi connectivity index (χ3n) is 8.73. The molecule has 44 heavy (non-hydrogen) atoms. The van der Waals surface area contributed by atoms with Gasteiger partial charge in [0.15, 0.2) is 0 Å². The van der Waals surface area contributed by atoms with Crippen LogP contribution in [0.4, 0.5) is 0 Å². The highest BCUT2D eigenvalue weighted by Crippen LogP contribution is 2.23. The van der Waals surface area contributed by atoms with Crippen LogP contribution in [-0.4, -0.2) is 111 Å². The first-order chi connectivity index (χ1) is 21.1. The minimum absolute atomic E-state index is 0.159. The Kier molecular flexibility index (Phi) is 13.4. The van der Waals surface area contributed by atoms with Gasteiger partial charge in [0, 0.05) is 37.3 Å². The van der Waals surface area contributed by atoms with E-state index in [-0.39, 0.29) is 13.2 Å². The van der Waals surface area contributed by atoms with E-state index in [1.165, 1.54) is 25.7 Å². The SMILES string of the molecule is N[C@@H]1C[C@H](N)[C@@H](OCc2cn(CCCCCCCCCCn3cc(CO[C@H]4[C@H](O)[C@@H](O)[C@H](N)C[C@@H]4N)nn3)nn2)[C@H](O)[C@H]1O. The van der Waals surface area contributed by atoms with Crippen LogP contribution in [0, 0.1) is 0 Å². The van der Waals surface area contributed by atoms with Crippen LogP contribution < -0.4 is 22.9 Å². The Labute approximate surface area is 258 Å². The van der Waals surface area contributed by atoms with Gasteiger partial charge in [-0.25, -0.2) is 0 Å². The van der Waals surface area contributed by atoms with Crippen LogP contribution in [0.2, 0.25) is 0 Å². The predicted octanol–water partition coefficient (Wildman–Crippen LogP) is -1.98. The number of nitrogens with two attached hydrogens (primary N) is 4. The first-order valence-electron chi connectivity index (χ1n) is 15.9. The monoisotopic (exact) mass is 624 g/mol. The van der Waals surface area contributed by atoms with Crippen molar-refractivity contribution in [2.75, 3.05) is 0 Å². The minimum Gasteiger partial charge on any atom is -0.389 e. The molecular weight excluding hydrogens is 572 g/mol.